The number of carboxylic acids is 1. The van der Waals surface area contributed by atoms with E-state index >= 15 is 0 Å². The van der Waals surface area contributed by atoms with Crippen molar-refractivity contribution in [2.75, 3.05) is 37.6 Å². The summed E-state index contributed by atoms with van der Waals surface area (Å²) in [6, 6.07) is 12.4. The Kier molecular flexibility index (Phi) is 5.08. The predicted molar refractivity (Wildman–Crippen MR) is 91.9 cm³/mol. The molecule has 1 N–H and O–H groups in total. The first-order valence-electron chi connectivity index (χ1n) is 8.27. The number of carboxylic acid groups (broad SMARTS) is 1. The molecular weight excluding hydrogens is 290 g/mol. The summed E-state index contributed by atoms with van der Waals surface area (Å²) >= 11 is 0. The van der Waals surface area contributed by atoms with Gasteiger partial charge in [-0.25, -0.2) is 4.98 Å². The summed E-state index contributed by atoms with van der Waals surface area (Å²) in [5.74, 6) is 0.353. The Morgan fingerprint density at radius 2 is 1.83 bits per heavy atom. The van der Waals surface area contributed by atoms with Crippen LogP contribution >= 0.6 is 0 Å². The molecule has 0 saturated carbocycles. The molecule has 0 bridgehead atoms. The Bertz CT molecular complexity index is 666. The third-order valence-corrected chi connectivity index (χ3v) is 4.39. The molecule has 0 radical (unpaired) electrons. The number of piperazine rings is 1. The second kappa shape index (κ2) is 7.42. The zero-order valence-corrected chi connectivity index (χ0v) is 13.3. The number of nitrogens with zero attached hydrogens (tertiary/aromatic N) is 3. The maximum atomic E-state index is 10.5. The van der Waals surface area contributed by atoms with Gasteiger partial charge >= 0.3 is 5.97 Å². The van der Waals surface area contributed by atoms with E-state index in [1.807, 2.05) is 12.1 Å². The molecule has 5 heteroatoms. The van der Waals surface area contributed by atoms with Gasteiger partial charge in [0.2, 0.25) is 0 Å². The van der Waals surface area contributed by atoms with Crippen molar-refractivity contribution in [2.45, 2.75) is 19.3 Å². The van der Waals surface area contributed by atoms with E-state index in [0.29, 0.717) is 0 Å². The van der Waals surface area contributed by atoms with Crippen molar-refractivity contribution in [1.29, 1.82) is 0 Å². The zero-order chi connectivity index (χ0) is 16.1. The number of hydrogen-bond donors (Lipinski definition) is 1. The number of fused-ring (bicyclic) bond motifs is 1. The van der Waals surface area contributed by atoms with Crippen molar-refractivity contribution in [3.63, 3.8) is 0 Å². The van der Waals surface area contributed by atoms with Crippen LogP contribution < -0.4 is 4.90 Å². The van der Waals surface area contributed by atoms with Gasteiger partial charge < -0.3 is 10.0 Å². The van der Waals surface area contributed by atoms with Crippen LogP contribution in [0.1, 0.15) is 19.3 Å². The highest BCUT2D eigenvalue weighted by Gasteiger charge is 2.17. The minimum atomic E-state index is -0.697. The highest BCUT2D eigenvalue weighted by Crippen LogP contribution is 2.19. The van der Waals surface area contributed by atoms with Crippen molar-refractivity contribution >= 4 is 22.7 Å². The monoisotopic (exact) mass is 313 g/mol. The smallest absolute Gasteiger partial charge is 0.303 e. The molecular formula is C18H23N3O2. The standard InChI is InChI=1S/C18H23N3O2/c22-18(23)7-3-4-10-20-11-13-21(14-12-20)17-9-8-15-5-1-2-6-16(15)19-17/h1-2,5-6,8-9H,3-4,7,10-14H2,(H,22,23). The first-order chi connectivity index (χ1) is 11.2. The van der Waals surface area contributed by atoms with Gasteiger partial charge in [0.1, 0.15) is 5.82 Å². The van der Waals surface area contributed by atoms with E-state index in [0.717, 1.165) is 56.9 Å². The predicted octanol–water partition coefficient (Wildman–Crippen LogP) is 2.61. The number of aromatic nitrogens is 1. The van der Waals surface area contributed by atoms with Gasteiger partial charge in [-0.15, -0.1) is 0 Å². The van der Waals surface area contributed by atoms with Gasteiger partial charge in [0.15, 0.2) is 0 Å². The van der Waals surface area contributed by atoms with E-state index in [1.54, 1.807) is 0 Å². The van der Waals surface area contributed by atoms with Crippen LogP contribution in [0.5, 0.6) is 0 Å². The zero-order valence-electron chi connectivity index (χ0n) is 13.3. The van der Waals surface area contributed by atoms with Gasteiger partial charge in [0, 0.05) is 38.0 Å². The summed E-state index contributed by atoms with van der Waals surface area (Å²) in [5, 5.41) is 9.83. The normalized spacial score (nSPS) is 15.9. The lowest BCUT2D eigenvalue weighted by Gasteiger charge is -2.35. The highest BCUT2D eigenvalue weighted by molar-refractivity contribution is 5.80. The number of anilines is 1. The molecule has 0 unspecified atom stereocenters. The van der Waals surface area contributed by atoms with Gasteiger partial charge in [-0.05, 0) is 37.6 Å². The largest absolute Gasteiger partial charge is 0.481 e. The van der Waals surface area contributed by atoms with E-state index in [1.165, 1.54) is 5.39 Å². The molecule has 1 aliphatic rings. The Morgan fingerprint density at radius 1 is 1.04 bits per heavy atom. The van der Waals surface area contributed by atoms with Crippen LogP contribution in [0.4, 0.5) is 5.82 Å². The number of benzene rings is 1. The fourth-order valence-electron chi connectivity index (χ4n) is 3.04. The number of rotatable bonds is 6. The maximum Gasteiger partial charge on any atom is 0.303 e. The molecule has 3 rings (SSSR count). The summed E-state index contributed by atoms with van der Waals surface area (Å²) in [5.41, 5.74) is 1.04. The Labute approximate surface area is 136 Å². The Balaban J connectivity index is 1.50. The van der Waals surface area contributed by atoms with Gasteiger partial charge in [-0.2, -0.15) is 0 Å². The molecule has 1 saturated heterocycles. The Morgan fingerprint density at radius 3 is 2.61 bits per heavy atom. The summed E-state index contributed by atoms with van der Waals surface area (Å²) < 4.78 is 0. The number of pyridine rings is 1. The lowest BCUT2D eigenvalue weighted by molar-refractivity contribution is -0.137. The van der Waals surface area contributed by atoms with Crippen LogP contribution in [-0.2, 0) is 4.79 Å². The van der Waals surface area contributed by atoms with E-state index in [-0.39, 0.29) is 6.42 Å². The van der Waals surface area contributed by atoms with Crippen molar-refractivity contribution in [3.05, 3.63) is 36.4 Å². The van der Waals surface area contributed by atoms with Crippen molar-refractivity contribution in [3.8, 4) is 0 Å². The first-order valence-corrected chi connectivity index (χ1v) is 8.27. The minimum Gasteiger partial charge on any atom is -0.481 e. The lowest BCUT2D eigenvalue weighted by atomic mass is 10.2. The van der Waals surface area contributed by atoms with Crippen molar-refractivity contribution in [2.24, 2.45) is 0 Å². The molecule has 5 nitrogen and oxygen atoms in total. The van der Waals surface area contributed by atoms with Gasteiger partial charge in [-0.1, -0.05) is 18.2 Å². The summed E-state index contributed by atoms with van der Waals surface area (Å²) in [6.07, 6.45) is 2.00. The lowest BCUT2D eigenvalue weighted by Crippen LogP contribution is -2.46. The first kappa shape index (κ1) is 15.7. The fourth-order valence-corrected chi connectivity index (χ4v) is 3.04. The fraction of sp³-hybridized carbons (Fsp3) is 0.444. The molecule has 1 aliphatic heterocycles. The molecule has 2 aromatic rings. The molecule has 2 heterocycles. The molecule has 0 amide bonds. The van der Waals surface area contributed by atoms with Crippen LogP contribution in [-0.4, -0.2) is 53.7 Å². The summed E-state index contributed by atoms with van der Waals surface area (Å²) in [6.45, 7) is 4.98. The molecule has 1 aromatic heterocycles. The van der Waals surface area contributed by atoms with Crippen molar-refractivity contribution in [1.82, 2.24) is 9.88 Å². The topological polar surface area (TPSA) is 56.7 Å². The van der Waals surface area contributed by atoms with Crippen LogP contribution in [0, 0.1) is 0 Å². The molecule has 0 atom stereocenters. The third-order valence-electron chi connectivity index (χ3n) is 4.39. The highest BCUT2D eigenvalue weighted by atomic mass is 16.4. The van der Waals surface area contributed by atoms with E-state index < -0.39 is 5.97 Å². The van der Waals surface area contributed by atoms with E-state index in [2.05, 4.69) is 34.1 Å². The number of para-hydroxylation sites is 1. The quantitative estimate of drug-likeness (QED) is 0.831. The minimum absolute atomic E-state index is 0.279. The second-order valence-electron chi connectivity index (χ2n) is 6.04. The van der Waals surface area contributed by atoms with E-state index in [9.17, 15) is 4.79 Å². The molecule has 0 aliphatic carbocycles. The third kappa shape index (κ3) is 4.20. The summed E-state index contributed by atoms with van der Waals surface area (Å²) in [7, 11) is 0. The molecule has 0 spiro atoms. The van der Waals surface area contributed by atoms with Gasteiger partial charge in [0.25, 0.3) is 0 Å². The SMILES string of the molecule is O=C(O)CCCCN1CCN(c2ccc3ccccc3n2)CC1. The summed E-state index contributed by atoms with van der Waals surface area (Å²) in [4.78, 5) is 20.0. The number of aliphatic carboxylic acids is 1. The van der Waals surface area contributed by atoms with E-state index in [4.69, 9.17) is 10.1 Å². The second-order valence-corrected chi connectivity index (χ2v) is 6.04. The Hall–Kier alpha value is -2.14. The number of hydrogen-bond acceptors (Lipinski definition) is 4. The number of carbonyl (C=O) groups is 1. The molecule has 23 heavy (non-hydrogen) atoms. The molecule has 1 fully saturated rings. The van der Waals surface area contributed by atoms with Gasteiger partial charge in [-0.3, -0.25) is 9.69 Å². The van der Waals surface area contributed by atoms with Crippen LogP contribution in [0.15, 0.2) is 36.4 Å². The average molecular weight is 313 g/mol. The average Bonchev–Trinajstić information content (AvgIpc) is 2.59. The number of unbranched alkanes of at least 4 members (excludes halogenated alkanes) is 1. The van der Waals surface area contributed by atoms with Crippen LogP contribution in [0.25, 0.3) is 10.9 Å². The maximum absolute atomic E-state index is 10.5. The molecule has 1 aromatic carbocycles. The van der Waals surface area contributed by atoms with Crippen LogP contribution in [0.2, 0.25) is 0 Å². The van der Waals surface area contributed by atoms with Crippen molar-refractivity contribution < 1.29 is 9.90 Å². The molecule has 122 valence electrons. The van der Waals surface area contributed by atoms with Gasteiger partial charge in [0.05, 0.1) is 5.52 Å². The van der Waals surface area contributed by atoms with Crippen LogP contribution in [0.3, 0.4) is 0 Å².